The number of carbonyl (C=O) groups excluding carboxylic acids is 1. The van der Waals surface area contributed by atoms with E-state index in [9.17, 15) is 9.18 Å². The minimum Gasteiger partial charge on any atom is -0.366 e. The fourth-order valence-electron chi connectivity index (χ4n) is 3.73. The van der Waals surface area contributed by atoms with Crippen LogP contribution in [0.5, 0.6) is 0 Å². The van der Waals surface area contributed by atoms with Gasteiger partial charge in [0, 0.05) is 31.4 Å². The number of rotatable bonds is 5. The Labute approximate surface area is 171 Å². The Bertz CT molecular complexity index is 624. The van der Waals surface area contributed by atoms with Crippen LogP contribution in [0.3, 0.4) is 0 Å². The van der Waals surface area contributed by atoms with Gasteiger partial charge < -0.3 is 5.32 Å². The Morgan fingerprint density at radius 2 is 1.96 bits per heavy atom. The molecule has 9 heteroatoms. The van der Waals surface area contributed by atoms with E-state index in [1.165, 1.54) is 43.8 Å². The van der Waals surface area contributed by atoms with Gasteiger partial charge in [0.15, 0.2) is 5.83 Å². The number of anilines is 1. The number of hydrogen-bond acceptors (Lipinski definition) is 5. The van der Waals surface area contributed by atoms with Gasteiger partial charge in [-0.05, 0) is 43.0 Å². The number of nitrogens with zero attached hydrogens (tertiary/aromatic N) is 2. The second-order valence-electron chi connectivity index (χ2n) is 6.83. The summed E-state index contributed by atoms with van der Waals surface area (Å²) < 4.78 is 13.4. The normalized spacial score (nSPS) is 21.1. The standard InChI is InChI=1S/C18H25FN4O2.2ClH/c19-16(18(24)22-25)10-13-6-7-17(20-11-13)21-14-8-9-23(12-14)15-4-2-1-3-5-15;;/h6-7,10-11,14-15,25H,1-5,8-9,12H2,(H,20,21)(H,22,24);2*1H/b16-10-;;/t14-;;/m1../s1. The molecule has 1 amide bonds. The van der Waals surface area contributed by atoms with Crippen molar-refractivity contribution in [3.8, 4) is 0 Å². The third kappa shape index (κ3) is 6.60. The maximum absolute atomic E-state index is 13.4. The number of amides is 1. The van der Waals surface area contributed by atoms with Crippen molar-refractivity contribution in [2.45, 2.75) is 50.6 Å². The molecular weight excluding hydrogens is 394 g/mol. The van der Waals surface area contributed by atoms with Crippen LogP contribution < -0.4 is 10.8 Å². The lowest BCUT2D eigenvalue weighted by molar-refractivity contribution is -0.126. The monoisotopic (exact) mass is 420 g/mol. The van der Waals surface area contributed by atoms with E-state index in [0.29, 0.717) is 11.6 Å². The Hall–Kier alpha value is -1.41. The molecule has 2 heterocycles. The van der Waals surface area contributed by atoms with Crippen molar-refractivity contribution in [2.75, 3.05) is 18.4 Å². The SMILES string of the molecule is Cl.Cl.O=C(NO)/C(F)=C/c1ccc(N[C@@H]2CCN(C3CCCCC3)C2)nc1. The summed E-state index contributed by atoms with van der Waals surface area (Å²) >= 11 is 0. The highest BCUT2D eigenvalue weighted by atomic mass is 35.5. The van der Waals surface area contributed by atoms with Crippen molar-refractivity contribution < 1.29 is 14.4 Å². The molecule has 0 unspecified atom stereocenters. The van der Waals surface area contributed by atoms with Crippen LogP contribution in [0.4, 0.5) is 10.2 Å². The number of hydrogen-bond donors (Lipinski definition) is 3. The van der Waals surface area contributed by atoms with Crippen molar-refractivity contribution in [1.29, 1.82) is 0 Å². The summed E-state index contributed by atoms with van der Waals surface area (Å²) in [7, 11) is 0. The molecule has 1 saturated heterocycles. The van der Waals surface area contributed by atoms with E-state index in [2.05, 4.69) is 15.2 Å². The summed E-state index contributed by atoms with van der Waals surface area (Å²) in [4.78, 5) is 17.8. The minimum atomic E-state index is -1.17. The number of likely N-dealkylation sites (tertiary alicyclic amines) is 1. The molecule has 3 rings (SSSR count). The zero-order valence-corrected chi connectivity index (χ0v) is 16.7. The smallest absolute Gasteiger partial charge is 0.303 e. The molecule has 0 spiro atoms. The Morgan fingerprint density at radius 1 is 1.22 bits per heavy atom. The number of carbonyl (C=O) groups is 1. The molecule has 1 saturated carbocycles. The van der Waals surface area contributed by atoms with Crippen molar-refractivity contribution in [3.63, 3.8) is 0 Å². The van der Waals surface area contributed by atoms with E-state index in [-0.39, 0.29) is 24.8 Å². The van der Waals surface area contributed by atoms with Crippen molar-refractivity contribution >= 4 is 42.6 Å². The van der Waals surface area contributed by atoms with Gasteiger partial charge in [-0.1, -0.05) is 19.3 Å². The van der Waals surface area contributed by atoms with Crippen molar-refractivity contribution in [1.82, 2.24) is 15.4 Å². The van der Waals surface area contributed by atoms with Crippen LogP contribution in [0.25, 0.3) is 6.08 Å². The Kier molecular flexibility index (Phi) is 10.0. The number of hydroxylamine groups is 1. The molecule has 0 aromatic carbocycles. The molecule has 0 radical (unpaired) electrons. The molecule has 0 bridgehead atoms. The number of halogens is 3. The first kappa shape index (κ1) is 23.6. The predicted octanol–water partition coefficient (Wildman–Crippen LogP) is 3.56. The third-order valence-electron chi connectivity index (χ3n) is 5.06. The fraction of sp³-hybridized carbons (Fsp3) is 0.556. The molecule has 1 aromatic heterocycles. The molecule has 27 heavy (non-hydrogen) atoms. The lowest BCUT2D eigenvalue weighted by Crippen LogP contribution is -2.36. The summed E-state index contributed by atoms with van der Waals surface area (Å²) in [6, 6.07) is 4.58. The number of pyridine rings is 1. The molecule has 2 fully saturated rings. The molecule has 1 aliphatic heterocycles. The highest BCUT2D eigenvalue weighted by molar-refractivity contribution is 5.94. The van der Waals surface area contributed by atoms with Gasteiger partial charge in [0.25, 0.3) is 0 Å². The maximum Gasteiger partial charge on any atom is 0.303 e. The quantitative estimate of drug-likeness (QED) is 0.385. The predicted molar refractivity (Wildman–Crippen MR) is 108 cm³/mol. The summed E-state index contributed by atoms with van der Waals surface area (Å²) in [6.07, 6.45) is 10.3. The first-order valence-corrected chi connectivity index (χ1v) is 8.94. The van der Waals surface area contributed by atoms with Crippen LogP contribution in [0.15, 0.2) is 24.2 Å². The van der Waals surface area contributed by atoms with Gasteiger partial charge in [-0.25, -0.2) is 14.9 Å². The van der Waals surface area contributed by atoms with E-state index < -0.39 is 11.7 Å². The fourth-order valence-corrected chi connectivity index (χ4v) is 3.73. The lowest BCUT2D eigenvalue weighted by Gasteiger charge is -2.31. The Morgan fingerprint density at radius 3 is 2.59 bits per heavy atom. The van der Waals surface area contributed by atoms with E-state index in [0.717, 1.165) is 37.4 Å². The zero-order valence-electron chi connectivity index (χ0n) is 15.1. The van der Waals surface area contributed by atoms with Gasteiger partial charge >= 0.3 is 5.91 Å². The highest BCUT2D eigenvalue weighted by Gasteiger charge is 2.29. The van der Waals surface area contributed by atoms with Crippen LogP contribution in [0.1, 0.15) is 44.1 Å². The van der Waals surface area contributed by atoms with Crippen LogP contribution in [0.2, 0.25) is 0 Å². The summed E-state index contributed by atoms with van der Waals surface area (Å²) in [5, 5.41) is 11.8. The third-order valence-corrected chi connectivity index (χ3v) is 5.06. The first-order chi connectivity index (χ1) is 12.2. The second-order valence-corrected chi connectivity index (χ2v) is 6.83. The first-order valence-electron chi connectivity index (χ1n) is 8.94. The topological polar surface area (TPSA) is 77.5 Å². The average molecular weight is 421 g/mol. The van der Waals surface area contributed by atoms with Gasteiger partial charge in [-0.15, -0.1) is 24.8 Å². The van der Waals surface area contributed by atoms with Crippen molar-refractivity contribution in [2.24, 2.45) is 0 Å². The zero-order chi connectivity index (χ0) is 17.6. The van der Waals surface area contributed by atoms with E-state index in [4.69, 9.17) is 5.21 Å². The molecule has 152 valence electrons. The molecule has 6 nitrogen and oxygen atoms in total. The molecule has 2 aliphatic rings. The molecule has 1 aliphatic carbocycles. The summed E-state index contributed by atoms with van der Waals surface area (Å²) in [5.41, 5.74) is 1.72. The highest BCUT2D eigenvalue weighted by Crippen LogP contribution is 2.26. The number of nitrogens with one attached hydrogen (secondary N) is 2. The van der Waals surface area contributed by atoms with Gasteiger partial charge in [-0.3, -0.25) is 14.9 Å². The van der Waals surface area contributed by atoms with E-state index in [1.807, 2.05) is 0 Å². The van der Waals surface area contributed by atoms with Crippen LogP contribution >= 0.6 is 24.8 Å². The van der Waals surface area contributed by atoms with E-state index in [1.54, 1.807) is 12.1 Å². The van der Waals surface area contributed by atoms with Gasteiger partial charge in [0.2, 0.25) is 0 Å². The lowest BCUT2D eigenvalue weighted by atomic mass is 9.94. The maximum atomic E-state index is 13.4. The van der Waals surface area contributed by atoms with Crippen LogP contribution in [-0.4, -0.2) is 46.2 Å². The minimum absolute atomic E-state index is 0. The van der Waals surface area contributed by atoms with Crippen molar-refractivity contribution in [3.05, 3.63) is 29.7 Å². The molecular formula is C18H27Cl2FN4O2. The van der Waals surface area contributed by atoms with Gasteiger partial charge in [0.05, 0.1) is 0 Å². The number of aromatic nitrogens is 1. The van der Waals surface area contributed by atoms with Gasteiger partial charge in [0.1, 0.15) is 5.82 Å². The summed E-state index contributed by atoms with van der Waals surface area (Å²) in [6.45, 7) is 2.17. The summed E-state index contributed by atoms with van der Waals surface area (Å²) in [5.74, 6) is -1.49. The largest absolute Gasteiger partial charge is 0.366 e. The second kappa shape index (κ2) is 11.4. The molecule has 3 N–H and O–H groups in total. The Balaban J connectivity index is 0.00000182. The average Bonchev–Trinajstić information content (AvgIpc) is 3.12. The van der Waals surface area contributed by atoms with Crippen LogP contribution in [0, 0.1) is 0 Å². The van der Waals surface area contributed by atoms with Crippen LogP contribution in [-0.2, 0) is 4.79 Å². The molecule has 1 atom stereocenters. The molecule has 1 aromatic rings. The van der Waals surface area contributed by atoms with E-state index >= 15 is 0 Å². The van der Waals surface area contributed by atoms with Gasteiger partial charge in [-0.2, -0.15) is 0 Å².